The van der Waals surface area contributed by atoms with Crippen LogP contribution in [-0.4, -0.2) is 21.4 Å². The molecular weight excluding hydrogens is 371 g/mol. The summed E-state index contributed by atoms with van der Waals surface area (Å²) in [7, 11) is -2.25. The molecule has 2 N–H and O–H groups in total. The van der Waals surface area contributed by atoms with Gasteiger partial charge in [-0.3, -0.25) is 4.79 Å². The van der Waals surface area contributed by atoms with Crippen LogP contribution in [0.15, 0.2) is 53.4 Å². The number of anilines is 1. The highest BCUT2D eigenvalue weighted by Gasteiger charge is 2.11. The van der Waals surface area contributed by atoms with Crippen molar-refractivity contribution in [2.75, 3.05) is 12.4 Å². The molecule has 0 aliphatic heterocycles. The molecule has 2 aromatic carbocycles. The van der Waals surface area contributed by atoms with Crippen molar-refractivity contribution < 1.29 is 13.2 Å². The Morgan fingerprint density at radius 1 is 1.08 bits per heavy atom. The zero-order valence-corrected chi connectivity index (χ0v) is 14.9. The van der Waals surface area contributed by atoms with Gasteiger partial charge in [-0.05, 0) is 55.1 Å². The molecule has 0 unspecified atom stereocenters. The molecule has 0 aromatic heterocycles. The van der Waals surface area contributed by atoms with Crippen LogP contribution in [0.2, 0.25) is 10.0 Å². The summed E-state index contributed by atoms with van der Waals surface area (Å²) in [6.07, 6.45) is 2.86. The van der Waals surface area contributed by atoms with Crippen LogP contribution in [0.5, 0.6) is 0 Å². The molecule has 0 fully saturated rings. The zero-order valence-electron chi connectivity index (χ0n) is 12.6. The van der Waals surface area contributed by atoms with Crippen molar-refractivity contribution in [2.24, 2.45) is 0 Å². The molecule has 126 valence electrons. The van der Waals surface area contributed by atoms with Crippen LogP contribution in [0.1, 0.15) is 5.56 Å². The van der Waals surface area contributed by atoms with E-state index in [9.17, 15) is 13.2 Å². The van der Waals surface area contributed by atoms with Crippen molar-refractivity contribution in [3.8, 4) is 0 Å². The maximum atomic E-state index is 12.0. The highest BCUT2D eigenvalue weighted by atomic mass is 35.5. The Balaban J connectivity index is 2.12. The molecule has 24 heavy (non-hydrogen) atoms. The number of rotatable bonds is 5. The van der Waals surface area contributed by atoms with Crippen LogP contribution < -0.4 is 10.0 Å². The van der Waals surface area contributed by atoms with Crippen molar-refractivity contribution in [1.29, 1.82) is 0 Å². The van der Waals surface area contributed by atoms with Gasteiger partial charge in [0.2, 0.25) is 15.9 Å². The normalized spacial score (nSPS) is 11.6. The third-order valence-electron chi connectivity index (χ3n) is 2.99. The molecular formula is C16H14Cl2N2O3S. The molecule has 2 aromatic rings. The van der Waals surface area contributed by atoms with Gasteiger partial charge in [0.05, 0.1) is 4.90 Å². The standard InChI is InChI=1S/C16H14Cl2N2O3S/c1-19-24(22,23)15-4-2-3-14(10-15)20-16(21)6-5-11-7-12(17)9-13(18)8-11/h2-10,19H,1H3,(H,20,21). The number of halogens is 2. The first-order valence-corrected chi connectivity index (χ1v) is 9.03. The van der Waals surface area contributed by atoms with Gasteiger partial charge in [0.1, 0.15) is 0 Å². The van der Waals surface area contributed by atoms with Crippen molar-refractivity contribution in [3.05, 3.63) is 64.1 Å². The van der Waals surface area contributed by atoms with Crippen LogP contribution in [0.3, 0.4) is 0 Å². The van der Waals surface area contributed by atoms with E-state index in [0.29, 0.717) is 21.3 Å². The number of benzene rings is 2. The minimum Gasteiger partial charge on any atom is -0.322 e. The first-order valence-electron chi connectivity index (χ1n) is 6.79. The van der Waals surface area contributed by atoms with Gasteiger partial charge in [-0.25, -0.2) is 13.1 Å². The van der Waals surface area contributed by atoms with E-state index in [0.717, 1.165) is 0 Å². The van der Waals surface area contributed by atoms with E-state index in [1.165, 1.54) is 25.3 Å². The number of nitrogens with one attached hydrogen (secondary N) is 2. The first kappa shape index (κ1) is 18.5. The van der Waals surface area contributed by atoms with E-state index in [4.69, 9.17) is 23.2 Å². The molecule has 8 heteroatoms. The summed E-state index contributed by atoms with van der Waals surface area (Å²) in [5.74, 6) is -0.412. The van der Waals surface area contributed by atoms with Crippen molar-refractivity contribution in [2.45, 2.75) is 4.90 Å². The second-order valence-corrected chi connectivity index (χ2v) is 7.52. The molecule has 0 heterocycles. The fourth-order valence-corrected chi connectivity index (χ4v) is 3.20. The van der Waals surface area contributed by atoms with Gasteiger partial charge in [-0.1, -0.05) is 29.3 Å². The predicted molar refractivity (Wildman–Crippen MR) is 96.8 cm³/mol. The van der Waals surface area contributed by atoms with Crippen LogP contribution in [0.25, 0.3) is 6.08 Å². The molecule has 0 saturated carbocycles. The highest BCUT2D eigenvalue weighted by Crippen LogP contribution is 2.20. The number of carbonyl (C=O) groups is 1. The molecule has 0 spiro atoms. The van der Waals surface area contributed by atoms with Crippen molar-refractivity contribution >= 4 is 50.9 Å². The summed E-state index contributed by atoms with van der Waals surface area (Å²) >= 11 is 11.8. The number of hydrogen-bond acceptors (Lipinski definition) is 3. The summed E-state index contributed by atoms with van der Waals surface area (Å²) in [6.45, 7) is 0. The Bertz CT molecular complexity index is 876. The topological polar surface area (TPSA) is 75.3 Å². The molecule has 5 nitrogen and oxygen atoms in total. The van der Waals surface area contributed by atoms with E-state index in [-0.39, 0.29) is 4.90 Å². The smallest absolute Gasteiger partial charge is 0.248 e. The fraction of sp³-hybridized carbons (Fsp3) is 0.0625. The zero-order chi connectivity index (χ0) is 17.7. The summed E-state index contributed by atoms with van der Waals surface area (Å²) < 4.78 is 25.7. The van der Waals surface area contributed by atoms with Crippen LogP contribution in [-0.2, 0) is 14.8 Å². The van der Waals surface area contributed by atoms with E-state index in [1.54, 1.807) is 36.4 Å². The maximum absolute atomic E-state index is 12.0. The molecule has 2 rings (SSSR count). The Morgan fingerprint density at radius 2 is 1.75 bits per heavy atom. The second-order valence-electron chi connectivity index (χ2n) is 4.76. The Labute approximate surface area is 150 Å². The van der Waals surface area contributed by atoms with Crippen LogP contribution >= 0.6 is 23.2 Å². The number of hydrogen-bond donors (Lipinski definition) is 2. The van der Waals surface area contributed by atoms with Gasteiger partial charge in [0, 0.05) is 21.8 Å². The molecule has 0 aliphatic carbocycles. The molecule has 0 saturated heterocycles. The van der Waals surface area contributed by atoms with Gasteiger partial charge in [0.25, 0.3) is 0 Å². The number of sulfonamides is 1. The van der Waals surface area contributed by atoms with E-state index in [1.807, 2.05) is 0 Å². The lowest BCUT2D eigenvalue weighted by molar-refractivity contribution is -0.111. The third kappa shape index (κ3) is 5.07. The predicted octanol–water partition coefficient (Wildman–Crippen LogP) is 3.55. The largest absolute Gasteiger partial charge is 0.322 e. The molecule has 0 bridgehead atoms. The maximum Gasteiger partial charge on any atom is 0.248 e. The van der Waals surface area contributed by atoms with Crippen molar-refractivity contribution in [3.63, 3.8) is 0 Å². The minimum atomic E-state index is -3.57. The average molecular weight is 385 g/mol. The lowest BCUT2D eigenvalue weighted by atomic mass is 10.2. The molecule has 0 radical (unpaired) electrons. The van der Waals surface area contributed by atoms with Crippen LogP contribution in [0, 0.1) is 0 Å². The number of carbonyl (C=O) groups excluding carboxylic acids is 1. The Hall–Kier alpha value is -1.86. The number of amides is 1. The van der Waals surface area contributed by atoms with Crippen molar-refractivity contribution in [1.82, 2.24) is 4.72 Å². The molecule has 0 atom stereocenters. The summed E-state index contributed by atoms with van der Waals surface area (Å²) in [6, 6.07) is 10.9. The van der Waals surface area contributed by atoms with Gasteiger partial charge < -0.3 is 5.32 Å². The third-order valence-corrected chi connectivity index (χ3v) is 4.84. The van der Waals surface area contributed by atoms with E-state index in [2.05, 4.69) is 10.0 Å². The fourth-order valence-electron chi connectivity index (χ4n) is 1.89. The quantitative estimate of drug-likeness (QED) is 0.773. The highest BCUT2D eigenvalue weighted by molar-refractivity contribution is 7.89. The molecule has 0 aliphatic rings. The van der Waals surface area contributed by atoms with Gasteiger partial charge in [-0.15, -0.1) is 0 Å². The lowest BCUT2D eigenvalue weighted by Crippen LogP contribution is -2.18. The average Bonchev–Trinajstić information content (AvgIpc) is 2.52. The lowest BCUT2D eigenvalue weighted by Gasteiger charge is -2.06. The summed E-state index contributed by atoms with van der Waals surface area (Å²) in [4.78, 5) is 12.0. The Kier molecular flexibility index (Phi) is 6.01. The SMILES string of the molecule is CNS(=O)(=O)c1cccc(NC(=O)C=Cc2cc(Cl)cc(Cl)c2)c1. The first-order chi connectivity index (χ1) is 11.3. The van der Waals surface area contributed by atoms with Crippen LogP contribution in [0.4, 0.5) is 5.69 Å². The van der Waals surface area contributed by atoms with E-state index < -0.39 is 15.9 Å². The van der Waals surface area contributed by atoms with E-state index >= 15 is 0 Å². The minimum absolute atomic E-state index is 0.0633. The summed E-state index contributed by atoms with van der Waals surface area (Å²) in [5.41, 5.74) is 1.04. The van der Waals surface area contributed by atoms with Gasteiger partial charge >= 0.3 is 0 Å². The van der Waals surface area contributed by atoms with Gasteiger partial charge in [-0.2, -0.15) is 0 Å². The Morgan fingerprint density at radius 3 is 2.38 bits per heavy atom. The second kappa shape index (κ2) is 7.81. The monoisotopic (exact) mass is 384 g/mol. The van der Waals surface area contributed by atoms with Gasteiger partial charge in [0.15, 0.2) is 0 Å². The molecule has 1 amide bonds. The summed E-state index contributed by atoms with van der Waals surface area (Å²) in [5, 5.41) is 3.52.